The molecule has 4 rings (SSSR count). The van der Waals surface area contributed by atoms with E-state index in [4.69, 9.17) is 0 Å². The van der Waals surface area contributed by atoms with E-state index >= 15 is 0 Å². The van der Waals surface area contributed by atoms with E-state index in [2.05, 4.69) is 36.0 Å². The Balaban J connectivity index is 1.70. The minimum atomic E-state index is -4.60. The Hall–Kier alpha value is -4.55. The molecule has 0 atom stereocenters. The first-order valence-corrected chi connectivity index (χ1v) is 10.4. The number of halogens is 3. The smallest absolute Gasteiger partial charge is 0.347 e. The van der Waals surface area contributed by atoms with Gasteiger partial charge in [0.25, 0.3) is 11.9 Å². The number of nitrogens with one attached hydrogen (secondary N) is 3. The number of carbonyl (C=O) groups is 2. The van der Waals surface area contributed by atoms with Gasteiger partial charge >= 0.3 is 12.2 Å². The fraction of sp³-hybridized carbons (Fsp3) is 0.182. The standard InChI is InChI=1S/C22H19F3N8O2/c1-2-28-21(35)31-20-30-18-9-14(13-4-3-6-26-10-13)8-17(33(18)32-20)19(34)29-12-15-11-27-7-5-16(15)22(23,24)25/h3-11H,2,12H2,1H3,(H,29,34)(H2,28,31,32,35). The lowest BCUT2D eigenvalue weighted by atomic mass is 10.1. The summed E-state index contributed by atoms with van der Waals surface area (Å²) in [5.41, 5.74) is 0.402. The van der Waals surface area contributed by atoms with Crippen molar-refractivity contribution >= 4 is 23.5 Å². The first-order valence-electron chi connectivity index (χ1n) is 10.4. The van der Waals surface area contributed by atoms with E-state index in [9.17, 15) is 22.8 Å². The molecule has 4 aromatic heterocycles. The number of nitrogens with zero attached hydrogens (tertiary/aromatic N) is 5. The van der Waals surface area contributed by atoms with Crippen molar-refractivity contribution in [2.45, 2.75) is 19.6 Å². The van der Waals surface area contributed by atoms with Gasteiger partial charge < -0.3 is 10.6 Å². The highest BCUT2D eigenvalue weighted by Crippen LogP contribution is 2.31. The SMILES string of the molecule is CCNC(=O)Nc1nc2cc(-c3cccnc3)cc(C(=O)NCc3cnccc3C(F)(F)F)n2n1. The van der Waals surface area contributed by atoms with Gasteiger partial charge in [0.15, 0.2) is 5.65 Å². The number of fused-ring (bicyclic) bond motifs is 1. The zero-order valence-corrected chi connectivity index (χ0v) is 18.3. The number of alkyl halides is 3. The van der Waals surface area contributed by atoms with Crippen molar-refractivity contribution in [2.75, 3.05) is 11.9 Å². The zero-order valence-electron chi connectivity index (χ0n) is 18.3. The number of aromatic nitrogens is 5. The van der Waals surface area contributed by atoms with Gasteiger partial charge in [-0.25, -0.2) is 9.31 Å². The summed E-state index contributed by atoms with van der Waals surface area (Å²) < 4.78 is 41.1. The highest BCUT2D eigenvalue weighted by Gasteiger charge is 2.33. The topological polar surface area (TPSA) is 126 Å². The molecule has 13 heteroatoms. The van der Waals surface area contributed by atoms with Crippen molar-refractivity contribution in [1.82, 2.24) is 35.2 Å². The van der Waals surface area contributed by atoms with Crippen molar-refractivity contribution in [1.29, 1.82) is 0 Å². The molecule has 3 N–H and O–H groups in total. The predicted molar refractivity (Wildman–Crippen MR) is 119 cm³/mol. The van der Waals surface area contributed by atoms with E-state index in [0.29, 0.717) is 17.7 Å². The Morgan fingerprint density at radius 1 is 1.03 bits per heavy atom. The molecule has 0 aromatic carbocycles. The largest absolute Gasteiger partial charge is 0.416 e. The Kier molecular flexibility index (Phi) is 6.57. The second-order valence-electron chi connectivity index (χ2n) is 7.27. The van der Waals surface area contributed by atoms with Crippen LogP contribution in [0.25, 0.3) is 16.8 Å². The van der Waals surface area contributed by atoms with Gasteiger partial charge in [-0.3, -0.25) is 20.1 Å². The molecule has 0 aliphatic carbocycles. The predicted octanol–water partition coefficient (Wildman–Crippen LogP) is 3.28. The van der Waals surface area contributed by atoms with E-state index in [1.54, 1.807) is 37.5 Å². The maximum atomic E-state index is 13.3. The Morgan fingerprint density at radius 3 is 2.54 bits per heavy atom. The lowest BCUT2D eigenvalue weighted by Crippen LogP contribution is -2.29. The van der Waals surface area contributed by atoms with Crippen molar-refractivity contribution in [3.8, 4) is 11.1 Å². The van der Waals surface area contributed by atoms with Crippen molar-refractivity contribution in [2.24, 2.45) is 0 Å². The maximum absolute atomic E-state index is 13.3. The van der Waals surface area contributed by atoms with Gasteiger partial charge in [0.1, 0.15) is 5.69 Å². The normalized spacial score (nSPS) is 11.3. The van der Waals surface area contributed by atoms with E-state index in [1.165, 1.54) is 10.6 Å². The van der Waals surface area contributed by atoms with Gasteiger partial charge in [0, 0.05) is 49.0 Å². The fourth-order valence-corrected chi connectivity index (χ4v) is 3.32. The first-order chi connectivity index (χ1) is 16.8. The molecule has 10 nitrogen and oxygen atoms in total. The third kappa shape index (κ3) is 5.34. The average Bonchev–Trinajstić information content (AvgIpc) is 3.24. The van der Waals surface area contributed by atoms with Crippen LogP contribution in [0.1, 0.15) is 28.5 Å². The van der Waals surface area contributed by atoms with Crippen LogP contribution in [0, 0.1) is 0 Å². The summed E-state index contributed by atoms with van der Waals surface area (Å²) in [7, 11) is 0. The van der Waals surface area contributed by atoms with Crippen LogP contribution in [0.15, 0.2) is 55.1 Å². The monoisotopic (exact) mass is 484 g/mol. The summed E-state index contributed by atoms with van der Waals surface area (Å²) in [5, 5.41) is 11.7. The van der Waals surface area contributed by atoms with E-state index in [1.807, 2.05) is 0 Å². The molecule has 0 aliphatic rings. The number of hydrogen-bond donors (Lipinski definition) is 3. The van der Waals surface area contributed by atoms with E-state index < -0.39 is 30.2 Å². The van der Waals surface area contributed by atoms with Crippen LogP contribution in [0.4, 0.5) is 23.9 Å². The Labute approximate surface area is 196 Å². The number of carbonyl (C=O) groups excluding carboxylic acids is 2. The molecule has 4 aromatic rings. The maximum Gasteiger partial charge on any atom is 0.416 e. The lowest BCUT2D eigenvalue weighted by molar-refractivity contribution is -0.138. The van der Waals surface area contributed by atoms with Gasteiger partial charge in [-0.15, -0.1) is 5.10 Å². The zero-order chi connectivity index (χ0) is 25.0. The van der Waals surface area contributed by atoms with E-state index in [-0.39, 0.29) is 22.9 Å². The molecule has 4 heterocycles. The highest BCUT2D eigenvalue weighted by atomic mass is 19.4. The Morgan fingerprint density at radius 2 is 1.83 bits per heavy atom. The molecule has 3 amide bonds. The molecule has 0 aliphatic heterocycles. The average molecular weight is 484 g/mol. The Bertz CT molecular complexity index is 1370. The molecule has 0 saturated heterocycles. The number of anilines is 1. The summed E-state index contributed by atoms with van der Waals surface area (Å²) >= 11 is 0. The molecule has 180 valence electrons. The van der Waals surface area contributed by atoms with Gasteiger partial charge in [-0.2, -0.15) is 18.2 Å². The lowest BCUT2D eigenvalue weighted by Gasteiger charge is -2.13. The molecular formula is C22H19F3N8O2. The molecule has 0 saturated carbocycles. The summed E-state index contributed by atoms with van der Waals surface area (Å²) in [5.74, 6) is -0.757. The van der Waals surface area contributed by atoms with Crippen molar-refractivity contribution in [3.63, 3.8) is 0 Å². The van der Waals surface area contributed by atoms with Gasteiger partial charge in [-0.1, -0.05) is 6.07 Å². The van der Waals surface area contributed by atoms with Crippen molar-refractivity contribution in [3.05, 3.63) is 71.9 Å². The number of pyridine rings is 3. The molecule has 0 bridgehead atoms. The summed E-state index contributed by atoms with van der Waals surface area (Å²) in [6.07, 6.45) is 0.667. The molecule has 0 radical (unpaired) electrons. The number of urea groups is 1. The van der Waals surface area contributed by atoms with Crippen LogP contribution in [0.3, 0.4) is 0 Å². The molecular weight excluding hydrogens is 465 g/mol. The quantitative estimate of drug-likeness (QED) is 0.386. The molecule has 0 unspecified atom stereocenters. The van der Waals surface area contributed by atoms with Crippen LogP contribution < -0.4 is 16.0 Å². The summed E-state index contributed by atoms with van der Waals surface area (Å²) in [6.45, 7) is 1.71. The highest BCUT2D eigenvalue weighted by molar-refractivity contribution is 5.95. The fourth-order valence-electron chi connectivity index (χ4n) is 3.32. The van der Waals surface area contributed by atoms with Crippen LogP contribution in [0.2, 0.25) is 0 Å². The number of amides is 3. The third-order valence-corrected chi connectivity index (χ3v) is 4.88. The summed E-state index contributed by atoms with van der Waals surface area (Å²) in [4.78, 5) is 37.0. The minimum absolute atomic E-state index is 0.00440. The third-order valence-electron chi connectivity index (χ3n) is 4.88. The van der Waals surface area contributed by atoms with Gasteiger partial charge in [0.05, 0.1) is 5.56 Å². The van der Waals surface area contributed by atoms with Crippen LogP contribution in [0.5, 0.6) is 0 Å². The number of hydrogen-bond acceptors (Lipinski definition) is 6. The number of rotatable bonds is 6. The van der Waals surface area contributed by atoms with E-state index in [0.717, 1.165) is 18.5 Å². The van der Waals surface area contributed by atoms with Gasteiger partial charge in [-0.05, 0) is 36.8 Å². The molecule has 0 fully saturated rings. The summed E-state index contributed by atoms with van der Waals surface area (Å²) in [6, 6.07) is 6.96. The van der Waals surface area contributed by atoms with Crippen LogP contribution in [-0.4, -0.2) is 43.0 Å². The minimum Gasteiger partial charge on any atom is -0.347 e. The van der Waals surface area contributed by atoms with Crippen LogP contribution >= 0.6 is 0 Å². The van der Waals surface area contributed by atoms with Crippen molar-refractivity contribution < 1.29 is 22.8 Å². The second-order valence-corrected chi connectivity index (χ2v) is 7.27. The molecule has 0 spiro atoms. The van der Waals surface area contributed by atoms with Crippen LogP contribution in [-0.2, 0) is 12.7 Å². The second kappa shape index (κ2) is 9.75. The van der Waals surface area contributed by atoms with Gasteiger partial charge in [0.2, 0.25) is 0 Å². The first kappa shape index (κ1) is 23.6. The molecule has 35 heavy (non-hydrogen) atoms.